The van der Waals surface area contributed by atoms with Crippen LogP contribution in [0.15, 0.2) is 47.4 Å². The minimum Gasteiger partial charge on any atom is -0.351 e. The van der Waals surface area contributed by atoms with E-state index in [-0.39, 0.29) is 24.8 Å². The van der Waals surface area contributed by atoms with E-state index in [2.05, 4.69) is 5.32 Å². The molecule has 1 heterocycles. The third-order valence-electron chi connectivity index (χ3n) is 5.09. The molecule has 1 saturated heterocycles. The number of hydrogen-bond donors (Lipinski definition) is 1. The van der Waals surface area contributed by atoms with Gasteiger partial charge < -0.3 is 5.32 Å². The fraction of sp³-hybridized carbons (Fsp3) is 0.381. The lowest BCUT2D eigenvalue weighted by atomic mass is 10.2. The summed E-state index contributed by atoms with van der Waals surface area (Å²) in [5, 5.41) is 2.72. The molecule has 1 amide bonds. The number of amides is 1. The highest BCUT2D eigenvalue weighted by Crippen LogP contribution is 2.22. The molecule has 1 N–H and O–H groups in total. The van der Waals surface area contributed by atoms with Crippen LogP contribution >= 0.6 is 0 Å². The van der Waals surface area contributed by atoms with Gasteiger partial charge in [-0.25, -0.2) is 12.8 Å². The molecule has 0 radical (unpaired) electrons. The molecule has 6 nitrogen and oxygen atoms in total. The van der Waals surface area contributed by atoms with Crippen LogP contribution in [0.5, 0.6) is 0 Å². The first-order valence-corrected chi connectivity index (χ1v) is 11.0. The summed E-state index contributed by atoms with van der Waals surface area (Å²) >= 11 is 0. The van der Waals surface area contributed by atoms with Gasteiger partial charge in [0.2, 0.25) is 15.9 Å². The molecule has 2 aromatic rings. The van der Waals surface area contributed by atoms with E-state index in [1.807, 2.05) is 24.0 Å². The number of nitrogens with one attached hydrogen (secondary N) is 1. The van der Waals surface area contributed by atoms with Crippen molar-refractivity contribution in [3.8, 4) is 0 Å². The first-order valence-electron chi connectivity index (χ1n) is 9.57. The van der Waals surface area contributed by atoms with Crippen LogP contribution in [0.25, 0.3) is 0 Å². The monoisotopic (exact) mass is 419 g/mol. The number of carbonyl (C=O) groups is 1. The van der Waals surface area contributed by atoms with Crippen molar-refractivity contribution < 1.29 is 17.6 Å². The fourth-order valence-electron chi connectivity index (χ4n) is 3.35. The van der Waals surface area contributed by atoms with Crippen molar-refractivity contribution in [3.05, 3.63) is 65.0 Å². The highest BCUT2D eigenvalue weighted by atomic mass is 32.2. The van der Waals surface area contributed by atoms with Gasteiger partial charge in [0.1, 0.15) is 5.82 Å². The van der Waals surface area contributed by atoms with Crippen LogP contribution in [-0.2, 0) is 21.4 Å². The zero-order chi connectivity index (χ0) is 21.0. The highest BCUT2D eigenvalue weighted by Gasteiger charge is 2.30. The number of nitrogens with zero attached hydrogens (tertiary/aromatic N) is 2. The van der Waals surface area contributed by atoms with Crippen LogP contribution in [-0.4, -0.2) is 56.3 Å². The van der Waals surface area contributed by atoms with Gasteiger partial charge in [0, 0.05) is 38.3 Å². The highest BCUT2D eigenvalue weighted by molar-refractivity contribution is 7.89. The van der Waals surface area contributed by atoms with Crippen molar-refractivity contribution in [2.75, 3.05) is 32.7 Å². The summed E-state index contributed by atoms with van der Waals surface area (Å²) in [5.74, 6) is -0.558. The minimum absolute atomic E-state index is 0.131. The predicted octanol–water partition coefficient (Wildman–Crippen LogP) is 2.07. The van der Waals surface area contributed by atoms with Crippen molar-refractivity contribution in [2.24, 2.45) is 0 Å². The molecule has 0 bridgehead atoms. The van der Waals surface area contributed by atoms with Crippen LogP contribution in [0.4, 0.5) is 4.39 Å². The minimum atomic E-state index is -3.55. The molecule has 3 rings (SSSR count). The van der Waals surface area contributed by atoms with E-state index in [9.17, 15) is 17.6 Å². The first-order chi connectivity index (χ1) is 13.8. The summed E-state index contributed by atoms with van der Waals surface area (Å²) in [7, 11) is -3.55. The van der Waals surface area contributed by atoms with E-state index in [1.165, 1.54) is 10.4 Å². The summed E-state index contributed by atoms with van der Waals surface area (Å²) < 4.78 is 41.0. The molecule has 29 heavy (non-hydrogen) atoms. The van der Waals surface area contributed by atoms with E-state index < -0.39 is 10.0 Å². The van der Waals surface area contributed by atoms with Gasteiger partial charge in [-0.15, -0.1) is 0 Å². The molecule has 2 aromatic carbocycles. The number of hydrogen-bond acceptors (Lipinski definition) is 4. The van der Waals surface area contributed by atoms with Crippen LogP contribution in [0.3, 0.4) is 0 Å². The molecule has 0 atom stereocenters. The van der Waals surface area contributed by atoms with Crippen molar-refractivity contribution >= 4 is 15.9 Å². The van der Waals surface area contributed by atoms with Gasteiger partial charge >= 0.3 is 0 Å². The quantitative estimate of drug-likeness (QED) is 0.778. The van der Waals surface area contributed by atoms with Gasteiger partial charge in [-0.05, 0) is 37.1 Å². The van der Waals surface area contributed by atoms with E-state index >= 15 is 0 Å². The average Bonchev–Trinajstić information content (AvgIpc) is 2.69. The molecular weight excluding hydrogens is 393 g/mol. The third-order valence-corrected chi connectivity index (χ3v) is 7.13. The maximum atomic E-state index is 13.6. The van der Waals surface area contributed by atoms with Crippen LogP contribution in [0.2, 0.25) is 0 Å². The number of carbonyl (C=O) groups excluding carboxylic acids is 1. The average molecular weight is 420 g/mol. The van der Waals surface area contributed by atoms with Gasteiger partial charge in [-0.1, -0.05) is 30.3 Å². The SMILES string of the molecule is Cc1ccc(C)c(S(=O)(=O)N2CCN(CC(=O)NCc3ccccc3F)CC2)c1. The predicted molar refractivity (Wildman–Crippen MR) is 109 cm³/mol. The summed E-state index contributed by atoms with van der Waals surface area (Å²) in [6.45, 7) is 5.55. The van der Waals surface area contributed by atoms with Crippen molar-refractivity contribution in [3.63, 3.8) is 0 Å². The second-order valence-electron chi connectivity index (χ2n) is 7.32. The Balaban J connectivity index is 1.53. The molecule has 0 unspecified atom stereocenters. The van der Waals surface area contributed by atoms with Crippen LogP contribution < -0.4 is 5.32 Å². The van der Waals surface area contributed by atoms with Crippen molar-refractivity contribution in [1.82, 2.24) is 14.5 Å². The van der Waals surface area contributed by atoms with Gasteiger partial charge in [-0.2, -0.15) is 4.31 Å². The maximum absolute atomic E-state index is 13.6. The molecule has 0 spiro atoms. The van der Waals surface area contributed by atoms with Crippen LogP contribution in [0.1, 0.15) is 16.7 Å². The Morgan fingerprint density at radius 2 is 1.76 bits per heavy atom. The second-order valence-corrected chi connectivity index (χ2v) is 9.22. The number of halogens is 1. The molecule has 1 aliphatic heterocycles. The fourth-order valence-corrected chi connectivity index (χ4v) is 5.08. The standard InChI is InChI=1S/C21H26FN3O3S/c1-16-7-8-17(2)20(13-16)29(27,28)25-11-9-24(10-12-25)15-21(26)23-14-18-5-3-4-6-19(18)22/h3-8,13H,9-12,14-15H2,1-2H3,(H,23,26). The number of aryl methyl sites for hydroxylation is 2. The lowest BCUT2D eigenvalue weighted by molar-refractivity contribution is -0.122. The number of sulfonamides is 1. The molecule has 0 saturated carbocycles. The number of piperazine rings is 1. The van der Waals surface area contributed by atoms with Gasteiger partial charge in [0.15, 0.2) is 0 Å². The van der Waals surface area contributed by atoms with Crippen LogP contribution in [0, 0.1) is 19.7 Å². The van der Waals surface area contributed by atoms with Crippen molar-refractivity contribution in [1.29, 1.82) is 0 Å². The molecule has 0 aliphatic carbocycles. The van der Waals surface area contributed by atoms with Crippen molar-refractivity contribution in [2.45, 2.75) is 25.3 Å². The Hall–Kier alpha value is -2.29. The van der Waals surface area contributed by atoms with E-state index in [1.54, 1.807) is 31.2 Å². The molecule has 8 heteroatoms. The van der Waals surface area contributed by atoms with E-state index in [0.29, 0.717) is 36.6 Å². The molecular formula is C21H26FN3O3S. The van der Waals surface area contributed by atoms with Gasteiger partial charge in [-0.3, -0.25) is 9.69 Å². The Kier molecular flexibility index (Phi) is 6.66. The van der Waals surface area contributed by atoms with E-state index in [4.69, 9.17) is 0 Å². The molecule has 156 valence electrons. The molecule has 1 aliphatic rings. The summed E-state index contributed by atoms with van der Waals surface area (Å²) in [4.78, 5) is 14.4. The smallest absolute Gasteiger partial charge is 0.243 e. The first kappa shape index (κ1) is 21.4. The number of benzene rings is 2. The second kappa shape index (κ2) is 9.02. The van der Waals surface area contributed by atoms with Gasteiger partial charge in [0.05, 0.1) is 11.4 Å². The Morgan fingerprint density at radius 1 is 1.07 bits per heavy atom. The maximum Gasteiger partial charge on any atom is 0.243 e. The Labute approximate surface area is 171 Å². The van der Waals surface area contributed by atoms with E-state index in [0.717, 1.165) is 11.1 Å². The largest absolute Gasteiger partial charge is 0.351 e. The summed E-state index contributed by atoms with van der Waals surface area (Å²) in [6, 6.07) is 11.7. The zero-order valence-corrected chi connectivity index (χ0v) is 17.5. The lowest BCUT2D eigenvalue weighted by Crippen LogP contribution is -2.51. The summed E-state index contributed by atoms with van der Waals surface area (Å²) in [5.41, 5.74) is 2.06. The summed E-state index contributed by atoms with van der Waals surface area (Å²) in [6.07, 6.45) is 0. The topological polar surface area (TPSA) is 69.7 Å². The Bertz CT molecular complexity index is 986. The Morgan fingerprint density at radius 3 is 2.45 bits per heavy atom. The molecule has 1 fully saturated rings. The molecule has 0 aromatic heterocycles. The normalized spacial score (nSPS) is 16.0. The zero-order valence-electron chi connectivity index (χ0n) is 16.7. The third kappa shape index (κ3) is 5.20. The lowest BCUT2D eigenvalue weighted by Gasteiger charge is -2.33. The van der Waals surface area contributed by atoms with Gasteiger partial charge in [0.25, 0.3) is 0 Å². The number of rotatable bonds is 6.